The van der Waals surface area contributed by atoms with Crippen LogP contribution < -0.4 is 5.32 Å². The summed E-state index contributed by atoms with van der Waals surface area (Å²) in [6, 6.07) is 8.49. The molecule has 0 bridgehead atoms. The van der Waals surface area contributed by atoms with Crippen LogP contribution in [0.25, 0.3) is 0 Å². The molecule has 1 aliphatic carbocycles. The van der Waals surface area contributed by atoms with Gasteiger partial charge in [-0.3, -0.25) is 4.99 Å². The van der Waals surface area contributed by atoms with E-state index in [2.05, 4.69) is 48.3 Å². The van der Waals surface area contributed by atoms with Gasteiger partial charge >= 0.3 is 0 Å². The molecule has 1 atom stereocenters. The molecular formula is C21H34IN3O2. The van der Waals surface area contributed by atoms with E-state index in [0.717, 1.165) is 64.3 Å². The van der Waals surface area contributed by atoms with E-state index in [1.165, 1.54) is 24.0 Å². The third-order valence-electron chi connectivity index (χ3n) is 5.00. The van der Waals surface area contributed by atoms with Gasteiger partial charge < -0.3 is 19.7 Å². The first kappa shape index (κ1) is 22.4. The average molecular weight is 487 g/mol. The molecule has 3 rings (SSSR count). The Balaban J connectivity index is 0.00000261. The fourth-order valence-corrected chi connectivity index (χ4v) is 3.29. The van der Waals surface area contributed by atoms with E-state index in [4.69, 9.17) is 14.5 Å². The Bertz CT molecular complexity index is 593. The van der Waals surface area contributed by atoms with Crippen molar-refractivity contribution < 1.29 is 9.47 Å². The van der Waals surface area contributed by atoms with Crippen LogP contribution in [-0.2, 0) is 9.47 Å². The highest BCUT2D eigenvalue weighted by Gasteiger charge is 2.25. The zero-order chi connectivity index (χ0) is 18.2. The van der Waals surface area contributed by atoms with Crippen LogP contribution in [0.15, 0.2) is 29.3 Å². The maximum atomic E-state index is 6.04. The van der Waals surface area contributed by atoms with E-state index in [0.29, 0.717) is 0 Å². The molecule has 1 aromatic rings. The van der Waals surface area contributed by atoms with Gasteiger partial charge in [0.1, 0.15) is 6.10 Å². The number of rotatable bonds is 8. The maximum absolute atomic E-state index is 6.04. The van der Waals surface area contributed by atoms with Gasteiger partial charge in [-0.1, -0.05) is 24.3 Å². The van der Waals surface area contributed by atoms with Crippen LogP contribution in [-0.4, -0.2) is 56.9 Å². The molecule has 1 N–H and O–H groups in total. The number of nitrogens with zero attached hydrogens (tertiary/aromatic N) is 2. The monoisotopic (exact) mass is 487 g/mol. The first-order valence-corrected chi connectivity index (χ1v) is 10.1. The zero-order valence-electron chi connectivity index (χ0n) is 16.7. The number of morpholine rings is 1. The van der Waals surface area contributed by atoms with Crippen molar-refractivity contribution >= 4 is 29.9 Å². The van der Waals surface area contributed by atoms with Crippen LogP contribution in [0.1, 0.15) is 43.4 Å². The molecule has 5 nitrogen and oxygen atoms in total. The maximum Gasteiger partial charge on any atom is 0.194 e. The summed E-state index contributed by atoms with van der Waals surface area (Å²) in [4.78, 5) is 7.14. The lowest BCUT2D eigenvalue weighted by atomic mass is 10.0. The number of aryl methyl sites for hydroxylation is 1. The Hall–Kier alpha value is -0.860. The molecule has 2 fully saturated rings. The summed E-state index contributed by atoms with van der Waals surface area (Å²) in [5.41, 5.74) is 2.57. The lowest BCUT2D eigenvalue weighted by molar-refractivity contribution is -0.00834. The normalized spacial score (nSPS) is 20.3. The number of guanidine groups is 1. The Morgan fingerprint density at radius 3 is 2.89 bits per heavy atom. The van der Waals surface area contributed by atoms with Crippen molar-refractivity contribution in [3.8, 4) is 0 Å². The zero-order valence-corrected chi connectivity index (χ0v) is 19.0. The first-order chi connectivity index (χ1) is 12.8. The fraction of sp³-hybridized carbons (Fsp3) is 0.667. The second-order valence-corrected chi connectivity index (χ2v) is 7.27. The highest BCUT2D eigenvalue weighted by atomic mass is 127. The van der Waals surface area contributed by atoms with Crippen molar-refractivity contribution in [2.45, 2.75) is 39.2 Å². The molecule has 152 valence electrons. The van der Waals surface area contributed by atoms with E-state index in [9.17, 15) is 0 Å². The van der Waals surface area contributed by atoms with Gasteiger partial charge in [-0.15, -0.1) is 24.0 Å². The molecule has 1 saturated heterocycles. The third-order valence-corrected chi connectivity index (χ3v) is 5.00. The lowest BCUT2D eigenvalue weighted by Crippen LogP contribution is -2.48. The molecule has 0 aromatic heterocycles. The molecule has 6 heteroatoms. The Morgan fingerprint density at radius 2 is 2.15 bits per heavy atom. The molecule has 1 aromatic carbocycles. The predicted octanol–water partition coefficient (Wildman–Crippen LogP) is 3.77. The Kier molecular flexibility index (Phi) is 9.86. The summed E-state index contributed by atoms with van der Waals surface area (Å²) in [7, 11) is 0. The van der Waals surface area contributed by atoms with Crippen LogP contribution >= 0.6 is 24.0 Å². The quantitative estimate of drug-likeness (QED) is 0.263. The molecule has 1 heterocycles. The van der Waals surface area contributed by atoms with Gasteiger partial charge in [0.05, 0.1) is 13.2 Å². The number of aliphatic imine (C=N–C) groups is 1. The number of halogens is 1. The second-order valence-electron chi connectivity index (χ2n) is 7.27. The standard InChI is InChI=1S/C21H33N3O2.HI/c1-3-22-21(23-11-6-13-25-16-18-9-10-18)24-12-14-26-20(15-24)19-8-5-4-7-17(19)2;/h4-5,7-8,18,20H,3,6,9-16H2,1-2H3,(H,22,23);1H. The van der Waals surface area contributed by atoms with Gasteiger partial charge in [-0.2, -0.15) is 0 Å². The van der Waals surface area contributed by atoms with Crippen molar-refractivity contribution in [3.63, 3.8) is 0 Å². The van der Waals surface area contributed by atoms with Crippen LogP contribution in [0, 0.1) is 12.8 Å². The molecule has 0 radical (unpaired) electrons. The van der Waals surface area contributed by atoms with Crippen molar-refractivity contribution in [2.24, 2.45) is 10.9 Å². The summed E-state index contributed by atoms with van der Waals surface area (Å²) >= 11 is 0. The molecular weight excluding hydrogens is 453 g/mol. The predicted molar refractivity (Wildman–Crippen MR) is 121 cm³/mol. The molecule has 1 unspecified atom stereocenters. The van der Waals surface area contributed by atoms with Gasteiger partial charge in [0.25, 0.3) is 0 Å². The highest BCUT2D eigenvalue weighted by Crippen LogP contribution is 2.28. The molecule has 1 saturated carbocycles. The Morgan fingerprint density at radius 1 is 1.33 bits per heavy atom. The number of hydrogen-bond acceptors (Lipinski definition) is 3. The summed E-state index contributed by atoms with van der Waals surface area (Å²) < 4.78 is 11.8. The van der Waals surface area contributed by atoms with Crippen LogP contribution in [0.5, 0.6) is 0 Å². The van der Waals surface area contributed by atoms with Crippen LogP contribution in [0.2, 0.25) is 0 Å². The van der Waals surface area contributed by atoms with Gasteiger partial charge in [0, 0.05) is 32.8 Å². The molecule has 0 amide bonds. The smallest absolute Gasteiger partial charge is 0.194 e. The molecule has 1 aliphatic heterocycles. The van der Waals surface area contributed by atoms with E-state index >= 15 is 0 Å². The molecule has 2 aliphatic rings. The van der Waals surface area contributed by atoms with Gasteiger partial charge in [0.15, 0.2) is 5.96 Å². The van der Waals surface area contributed by atoms with Crippen molar-refractivity contribution in [1.82, 2.24) is 10.2 Å². The number of hydrogen-bond donors (Lipinski definition) is 1. The highest BCUT2D eigenvalue weighted by molar-refractivity contribution is 14.0. The van der Waals surface area contributed by atoms with Crippen molar-refractivity contribution in [2.75, 3.05) is 46.0 Å². The van der Waals surface area contributed by atoms with Crippen molar-refractivity contribution in [1.29, 1.82) is 0 Å². The van der Waals surface area contributed by atoms with Gasteiger partial charge in [-0.25, -0.2) is 0 Å². The van der Waals surface area contributed by atoms with Gasteiger partial charge in [0.2, 0.25) is 0 Å². The SMILES string of the molecule is CCNC(=NCCCOCC1CC1)N1CCOC(c2ccccc2C)C1.I. The number of nitrogens with one attached hydrogen (secondary N) is 1. The number of ether oxygens (including phenoxy) is 2. The van der Waals surface area contributed by atoms with E-state index in [1.807, 2.05) is 0 Å². The summed E-state index contributed by atoms with van der Waals surface area (Å²) in [5.74, 6) is 1.83. The minimum absolute atomic E-state index is 0. The van der Waals surface area contributed by atoms with Crippen molar-refractivity contribution in [3.05, 3.63) is 35.4 Å². The van der Waals surface area contributed by atoms with E-state index < -0.39 is 0 Å². The summed E-state index contributed by atoms with van der Waals surface area (Å²) in [6.45, 7) is 10.2. The Labute approximate surface area is 180 Å². The van der Waals surface area contributed by atoms with Gasteiger partial charge in [-0.05, 0) is 50.2 Å². The topological polar surface area (TPSA) is 46.1 Å². The second kappa shape index (κ2) is 11.9. The minimum atomic E-state index is 0. The molecule has 0 spiro atoms. The molecule has 27 heavy (non-hydrogen) atoms. The summed E-state index contributed by atoms with van der Waals surface area (Å²) in [6.07, 6.45) is 3.78. The van der Waals surface area contributed by atoms with E-state index in [1.54, 1.807) is 0 Å². The van der Waals surface area contributed by atoms with Crippen LogP contribution in [0.3, 0.4) is 0 Å². The average Bonchev–Trinajstić information content (AvgIpc) is 3.48. The van der Waals surface area contributed by atoms with E-state index in [-0.39, 0.29) is 30.1 Å². The lowest BCUT2D eigenvalue weighted by Gasteiger charge is -2.35. The first-order valence-electron chi connectivity index (χ1n) is 10.1. The third kappa shape index (κ3) is 7.23. The largest absolute Gasteiger partial charge is 0.381 e. The van der Waals surface area contributed by atoms with Crippen LogP contribution in [0.4, 0.5) is 0 Å². The minimum Gasteiger partial charge on any atom is -0.381 e. The summed E-state index contributed by atoms with van der Waals surface area (Å²) in [5, 5.41) is 3.44. The fourth-order valence-electron chi connectivity index (χ4n) is 3.29. The number of benzene rings is 1.